The third kappa shape index (κ3) is 3.09. The second-order valence-electron chi connectivity index (χ2n) is 5.08. The predicted octanol–water partition coefficient (Wildman–Crippen LogP) is 3.43. The number of hydrogen-bond acceptors (Lipinski definition) is 2. The lowest BCUT2D eigenvalue weighted by Crippen LogP contribution is -2.22. The van der Waals surface area contributed by atoms with Crippen molar-refractivity contribution in [3.8, 4) is 0 Å². The molecule has 2 aromatic rings. The summed E-state index contributed by atoms with van der Waals surface area (Å²) in [6, 6.07) is 20.9. The van der Waals surface area contributed by atoms with E-state index in [1.165, 1.54) is 10.6 Å². The maximum atomic E-state index is 6.34. The SMILES string of the molecule is CC1CCOC1OP(c1ccccc1)c1ccccc1. The zero-order valence-corrected chi connectivity index (χ0v) is 12.5. The molecule has 0 aromatic heterocycles. The quantitative estimate of drug-likeness (QED) is 0.802. The van der Waals surface area contributed by atoms with Crippen molar-refractivity contribution in [2.45, 2.75) is 19.6 Å². The molecule has 0 radical (unpaired) electrons. The van der Waals surface area contributed by atoms with E-state index in [1.54, 1.807) is 0 Å². The minimum atomic E-state index is -0.814. The molecule has 0 bridgehead atoms. The van der Waals surface area contributed by atoms with Crippen molar-refractivity contribution in [2.75, 3.05) is 6.61 Å². The average Bonchev–Trinajstić information content (AvgIpc) is 2.92. The van der Waals surface area contributed by atoms with Crippen LogP contribution in [0, 0.1) is 5.92 Å². The van der Waals surface area contributed by atoms with Gasteiger partial charge in [-0.3, -0.25) is 0 Å². The second kappa shape index (κ2) is 6.49. The number of rotatable bonds is 4. The molecule has 0 amide bonds. The van der Waals surface area contributed by atoms with Gasteiger partial charge in [-0.25, -0.2) is 0 Å². The Morgan fingerprint density at radius 2 is 1.50 bits per heavy atom. The van der Waals surface area contributed by atoms with Crippen LogP contribution in [0.5, 0.6) is 0 Å². The summed E-state index contributed by atoms with van der Waals surface area (Å²) < 4.78 is 12.1. The molecule has 104 valence electrons. The van der Waals surface area contributed by atoms with E-state index in [0.29, 0.717) is 5.92 Å². The third-order valence-electron chi connectivity index (χ3n) is 3.51. The summed E-state index contributed by atoms with van der Waals surface area (Å²) >= 11 is 0. The first-order valence-electron chi connectivity index (χ1n) is 7.03. The minimum absolute atomic E-state index is 0.0819. The summed E-state index contributed by atoms with van der Waals surface area (Å²) in [6.45, 7) is 3.00. The maximum absolute atomic E-state index is 6.34. The van der Waals surface area contributed by atoms with Gasteiger partial charge in [-0.15, -0.1) is 0 Å². The van der Waals surface area contributed by atoms with Crippen LogP contribution in [0.15, 0.2) is 60.7 Å². The van der Waals surface area contributed by atoms with Crippen LogP contribution in [0.2, 0.25) is 0 Å². The Kier molecular flexibility index (Phi) is 4.47. The highest BCUT2D eigenvalue weighted by Gasteiger charge is 2.29. The van der Waals surface area contributed by atoms with Crippen LogP contribution >= 0.6 is 8.15 Å². The van der Waals surface area contributed by atoms with Crippen molar-refractivity contribution in [3.05, 3.63) is 60.7 Å². The first kappa shape index (κ1) is 13.8. The molecule has 1 heterocycles. The number of hydrogen-bond donors (Lipinski definition) is 0. The first-order valence-corrected chi connectivity index (χ1v) is 8.29. The van der Waals surface area contributed by atoms with Gasteiger partial charge in [-0.05, 0) is 6.42 Å². The Labute approximate surface area is 121 Å². The fourth-order valence-corrected chi connectivity index (χ4v) is 4.21. The fourth-order valence-electron chi connectivity index (χ4n) is 2.31. The second-order valence-corrected chi connectivity index (χ2v) is 6.91. The van der Waals surface area contributed by atoms with Gasteiger partial charge in [-0.1, -0.05) is 67.6 Å². The Balaban J connectivity index is 1.88. The lowest BCUT2D eigenvalue weighted by atomic mass is 10.1. The Morgan fingerprint density at radius 3 is 1.95 bits per heavy atom. The molecular formula is C17H19O2P. The van der Waals surface area contributed by atoms with Crippen LogP contribution in [0.25, 0.3) is 0 Å². The van der Waals surface area contributed by atoms with Crippen molar-refractivity contribution in [2.24, 2.45) is 5.92 Å². The average molecular weight is 286 g/mol. The number of benzene rings is 2. The lowest BCUT2D eigenvalue weighted by Gasteiger charge is -2.24. The summed E-state index contributed by atoms with van der Waals surface area (Å²) in [6.07, 6.45) is 0.999. The minimum Gasteiger partial charge on any atom is -0.352 e. The molecule has 2 atom stereocenters. The van der Waals surface area contributed by atoms with Crippen molar-refractivity contribution in [1.29, 1.82) is 0 Å². The zero-order chi connectivity index (χ0) is 13.8. The van der Waals surface area contributed by atoms with Crippen molar-refractivity contribution in [3.63, 3.8) is 0 Å². The van der Waals surface area contributed by atoms with E-state index in [1.807, 2.05) is 12.1 Å². The van der Waals surface area contributed by atoms with Crippen LogP contribution in [-0.2, 0) is 9.26 Å². The van der Waals surface area contributed by atoms with E-state index in [2.05, 4.69) is 55.5 Å². The van der Waals surface area contributed by atoms with Gasteiger partial charge in [-0.2, -0.15) is 0 Å². The fraction of sp³-hybridized carbons (Fsp3) is 0.294. The van der Waals surface area contributed by atoms with E-state index in [0.717, 1.165) is 13.0 Å². The highest BCUT2D eigenvalue weighted by Crippen LogP contribution is 2.40. The largest absolute Gasteiger partial charge is 0.352 e. The molecule has 0 N–H and O–H groups in total. The lowest BCUT2D eigenvalue weighted by molar-refractivity contribution is -0.0498. The summed E-state index contributed by atoms with van der Waals surface area (Å²) in [5.74, 6) is 0.465. The normalized spacial score (nSPS) is 22.3. The van der Waals surface area contributed by atoms with Gasteiger partial charge in [0.05, 0.1) is 14.8 Å². The van der Waals surface area contributed by atoms with Crippen LogP contribution < -0.4 is 10.6 Å². The van der Waals surface area contributed by atoms with Crippen LogP contribution in [0.3, 0.4) is 0 Å². The van der Waals surface area contributed by atoms with Gasteiger partial charge in [0.2, 0.25) is 0 Å². The molecule has 0 saturated carbocycles. The molecule has 20 heavy (non-hydrogen) atoms. The van der Waals surface area contributed by atoms with E-state index in [9.17, 15) is 0 Å². The van der Waals surface area contributed by atoms with Crippen molar-refractivity contribution in [1.82, 2.24) is 0 Å². The van der Waals surface area contributed by atoms with Crippen molar-refractivity contribution < 1.29 is 9.26 Å². The molecule has 1 fully saturated rings. The summed E-state index contributed by atoms with van der Waals surface area (Å²) in [5, 5.41) is 2.47. The molecule has 2 unspecified atom stereocenters. The Morgan fingerprint density at radius 1 is 0.950 bits per heavy atom. The van der Waals surface area contributed by atoms with E-state index in [4.69, 9.17) is 9.26 Å². The molecule has 0 spiro atoms. The predicted molar refractivity (Wildman–Crippen MR) is 83.7 cm³/mol. The van der Waals surface area contributed by atoms with Gasteiger partial charge in [0.1, 0.15) is 0 Å². The molecule has 3 rings (SSSR count). The smallest absolute Gasteiger partial charge is 0.164 e. The van der Waals surface area contributed by atoms with Crippen molar-refractivity contribution >= 4 is 18.8 Å². The number of ether oxygens (including phenoxy) is 1. The first-order chi connectivity index (χ1) is 9.84. The van der Waals surface area contributed by atoms with Gasteiger partial charge >= 0.3 is 0 Å². The molecular weight excluding hydrogens is 267 g/mol. The van der Waals surface area contributed by atoms with E-state index in [-0.39, 0.29) is 6.29 Å². The maximum Gasteiger partial charge on any atom is 0.164 e. The molecule has 2 nitrogen and oxygen atoms in total. The third-order valence-corrected chi connectivity index (χ3v) is 5.46. The van der Waals surface area contributed by atoms with Gasteiger partial charge in [0.15, 0.2) is 6.29 Å². The molecule has 1 aliphatic rings. The highest BCUT2D eigenvalue weighted by molar-refractivity contribution is 7.68. The summed E-state index contributed by atoms with van der Waals surface area (Å²) in [5.41, 5.74) is 0. The summed E-state index contributed by atoms with van der Waals surface area (Å²) in [7, 11) is -0.814. The van der Waals surface area contributed by atoms with Gasteiger partial charge in [0, 0.05) is 16.5 Å². The molecule has 1 aliphatic heterocycles. The molecule has 2 aromatic carbocycles. The topological polar surface area (TPSA) is 18.5 Å². The van der Waals surface area contributed by atoms with Gasteiger partial charge in [0.25, 0.3) is 0 Å². The van der Waals surface area contributed by atoms with E-state index < -0.39 is 8.15 Å². The highest BCUT2D eigenvalue weighted by atomic mass is 31.1. The van der Waals surface area contributed by atoms with Crippen LogP contribution in [0.1, 0.15) is 13.3 Å². The van der Waals surface area contributed by atoms with Crippen LogP contribution in [0.4, 0.5) is 0 Å². The zero-order valence-electron chi connectivity index (χ0n) is 11.6. The standard InChI is InChI=1S/C17H19O2P/c1-14-12-13-18-17(14)19-20(15-8-4-2-5-9-15)16-10-6-3-7-11-16/h2-11,14,17H,12-13H2,1H3. The molecule has 1 saturated heterocycles. The van der Waals surface area contributed by atoms with E-state index >= 15 is 0 Å². The molecule has 0 aliphatic carbocycles. The van der Waals surface area contributed by atoms with Crippen LogP contribution in [-0.4, -0.2) is 12.9 Å². The Bertz CT molecular complexity index is 490. The van der Waals surface area contributed by atoms with Gasteiger partial charge < -0.3 is 9.26 Å². The molecule has 3 heteroatoms. The summed E-state index contributed by atoms with van der Waals surface area (Å²) in [4.78, 5) is 0. The Hall–Kier alpha value is -1.21. The monoisotopic (exact) mass is 286 g/mol.